The van der Waals surface area contributed by atoms with Gasteiger partial charge in [-0.3, -0.25) is 0 Å². The van der Waals surface area contributed by atoms with Crippen molar-refractivity contribution in [1.82, 2.24) is 0 Å². The Kier molecular flexibility index (Phi) is 5.88. The van der Waals surface area contributed by atoms with Crippen LogP contribution in [0.15, 0.2) is 30.3 Å². The van der Waals surface area contributed by atoms with Crippen LogP contribution in [0.2, 0.25) is 0 Å². The molecule has 0 spiro atoms. The number of rotatable bonds is 6. The molecule has 0 unspecified atom stereocenters. The van der Waals surface area contributed by atoms with E-state index in [4.69, 9.17) is 10.5 Å². The minimum Gasteiger partial charge on any atom is -0.380 e. The van der Waals surface area contributed by atoms with Crippen molar-refractivity contribution in [3.8, 4) is 0 Å². The van der Waals surface area contributed by atoms with Crippen molar-refractivity contribution >= 4 is 13.5 Å². The van der Waals surface area contributed by atoms with E-state index in [0.29, 0.717) is 6.61 Å². The Hall–Kier alpha value is -0.510. The Morgan fingerprint density at radius 1 is 1.25 bits per heavy atom. The third kappa shape index (κ3) is 5.01. The highest BCUT2D eigenvalue weighted by Crippen LogP contribution is 2.28. The predicted molar refractivity (Wildman–Crippen MR) is 72.0 cm³/mol. The van der Waals surface area contributed by atoms with Gasteiger partial charge in [0.25, 0.3) is 0 Å². The molecule has 2 rings (SSSR count). The molecule has 16 heavy (non-hydrogen) atoms. The SMILES string of the molecule is N[C@H](COCC1CC1)Cc1ccccc1.S. The Labute approximate surface area is 105 Å². The first-order valence-corrected chi connectivity index (χ1v) is 5.72. The molecule has 3 heteroatoms. The highest BCUT2D eigenvalue weighted by molar-refractivity contribution is 7.59. The summed E-state index contributed by atoms with van der Waals surface area (Å²) in [5.41, 5.74) is 7.28. The molecule has 90 valence electrons. The van der Waals surface area contributed by atoms with E-state index in [2.05, 4.69) is 12.1 Å². The zero-order valence-electron chi connectivity index (χ0n) is 9.56. The summed E-state index contributed by atoms with van der Waals surface area (Å²) in [7, 11) is 0. The van der Waals surface area contributed by atoms with Gasteiger partial charge in [0.1, 0.15) is 0 Å². The van der Waals surface area contributed by atoms with Crippen LogP contribution in [-0.2, 0) is 11.2 Å². The molecule has 2 nitrogen and oxygen atoms in total. The van der Waals surface area contributed by atoms with Gasteiger partial charge in [0.15, 0.2) is 0 Å². The summed E-state index contributed by atoms with van der Waals surface area (Å²) in [4.78, 5) is 0. The molecule has 0 amide bonds. The minimum absolute atomic E-state index is 0. The van der Waals surface area contributed by atoms with Gasteiger partial charge < -0.3 is 10.5 Å². The van der Waals surface area contributed by atoms with Gasteiger partial charge in [-0.15, -0.1) is 0 Å². The van der Waals surface area contributed by atoms with Crippen LogP contribution in [-0.4, -0.2) is 19.3 Å². The number of nitrogens with two attached hydrogens (primary N) is 1. The standard InChI is InChI=1S/C13H19NO.H2S/c14-13(10-15-9-12-6-7-12)8-11-4-2-1-3-5-11;/h1-5,12-13H,6-10,14H2;1H2/t13-;/m0./s1. The fourth-order valence-electron chi connectivity index (χ4n) is 1.65. The molecule has 0 saturated heterocycles. The molecule has 1 saturated carbocycles. The molecule has 1 fully saturated rings. The van der Waals surface area contributed by atoms with Crippen LogP contribution < -0.4 is 5.73 Å². The Bertz CT molecular complexity index is 287. The average molecular weight is 239 g/mol. The van der Waals surface area contributed by atoms with E-state index >= 15 is 0 Å². The van der Waals surface area contributed by atoms with Gasteiger partial charge in [0.2, 0.25) is 0 Å². The third-order valence-electron chi connectivity index (χ3n) is 2.72. The molecule has 0 aromatic heterocycles. The average Bonchev–Trinajstić information content (AvgIpc) is 3.03. The van der Waals surface area contributed by atoms with E-state index in [9.17, 15) is 0 Å². The molecule has 1 atom stereocenters. The maximum absolute atomic E-state index is 5.99. The van der Waals surface area contributed by atoms with Gasteiger partial charge >= 0.3 is 0 Å². The number of ether oxygens (including phenoxy) is 1. The zero-order valence-corrected chi connectivity index (χ0v) is 10.6. The van der Waals surface area contributed by atoms with Crippen molar-refractivity contribution in [1.29, 1.82) is 0 Å². The predicted octanol–water partition coefficient (Wildman–Crippen LogP) is 2.10. The molecule has 1 aliphatic rings. The summed E-state index contributed by atoms with van der Waals surface area (Å²) < 4.78 is 5.57. The van der Waals surface area contributed by atoms with Gasteiger partial charge in [-0.25, -0.2) is 0 Å². The zero-order chi connectivity index (χ0) is 10.5. The molecule has 0 heterocycles. The smallest absolute Gasteiger partial charge is 0.0620 e. The number of benzene rings is 1. The van der Waals surface area contributed by atoms with Gasteiger partial charge in [-0.05, 0) is 30.7 Å². The lowest BCUT2D eigenvalue weighted by molar-refractivity contribution is 0.112. The van der Waals surface area contributed by atoms with Crippen LogP contribution >= 0.6 is 13.5 Å². The summed E-state index contributed by atoms with van der Waals surface area (Å²) in [6.07, 6.45) is 3.59. The molecule has 1 aromatic rings. The fraction of sp³-hybridized carbons (Fsp3) is 0.538. The molecule has 1 aromatic carbocycles. The van der Waals surface area contributed by atoms with Gasteiger partial charge in [0, 0.05) is 12.6 Å². The quantitative estimate of drug-likeness (QED) is 0.825. The highest BCUT2D eigenvalue weighted by Gasteiger charge is 2.21. The van der Waals surface area contributed by atoms with Crippen LogP contribution in [0.3, 0.4) is 0 Å². The number of hydrogen-bond acceptors (Lipinski definition) is 2. The van der Waals surface area contributed by atoms with E-state index in [-0.39, 0.29) is 19.5 Å². The second kappa shape index (κ2) is 6.94. The van der Waals surface area contributed by atoms with E-state index in [1.165, 1.54) is 18.4 Å². The lowest BCUT2D eigenvalue weighted by atomic mass is 10.1. The molecular weight excluding hydrogens is 218 g/mol. The van der Waals surface area contributed by atoms with Gasteiger partial charge in [-0.1, -0.05) is 30.3 Å². The van der Waals surface area contributed by atoms with Crippen LogP contribution in [0.4, 0.5) is 0 Å². The Balaban J connectivity index is 0.00000128. The molecular formula is C13H21NOS. The summed E-state index contributed by atoms with van der Waals surface area (Å²) in [6.45, 7) is 1.59. The van der Waals surface area contributed by atoms with Crippen LogP contribution in [0.5, 0.6) is 0 Å². The van der Waals surface area contributed by atoms with Crippen LogP contribution in [0.25, 0.3) is 0 Å². The molecule has 0 radical (unpaired) electrons. The lowest BCUT2D eigenvalue weighted by Gasteiger charge is -2.11. The molecule has 2 N–H and O–H groups in total. The monoisotopic (exact) mass is 239 g/mol. The van der Waals surface area contributed by atoms with Crippen molar-refractivity contribution < 1.29 is 4.74 Å². The first kappa shape index (κ1) is 13.6. The van der Waals surface area contributed by atoms with Crippen molar-refractivity contribution in [2.45, 2.75) is 25.3 Å². The van der Waals surface area contributed by atoms with Crippen molar-refractivity contribution in [2.24, 2.45) is 11.7 Å². The summed E-state index contributed by atoms with van der Waals surface area (Å²) in [5, 5.41) is 0. The third-order valence-corrected chi connectivity index (χ3v) is 2.72. The fourth-order valence-corrected chi connectivity index (χ4v) is 1.65. The molecule has 1 aliphatic carbocycles. The summed E-state index contributed by atoms with van der Waals surface area (Å²) in [6, 6.07) is 10.5. The van der Waals surface area contributed by atoms with Crippen molar-refractivity contribution in [3.05, 3.63) is 35.9 Å². The van der Waals surface area contributed by atoms with Gasteiger partial charge in [0.05, 0.1) is 6.61 Å². The largest absolute Gasteiger partial charge is 0.380 e. The second-order valence-electron chi connectivity index (χ2n) is 4.43. The first-order valence-electron chi connectivity index (χ1n) is 5.72. The van der Waals surface area contributed by atoms with Gasteiger partial charge in [-0.2, -0.15) is 13.5 Å². The Morgan fingerprint density at radius 3 is 2.56 bits per heavy atom. The first-order chi connectivity index (χ1) is 7.34. The molecule has 0 aliphatic heterocycles. The van der Waals surface area contributed by atoms with E-state index < -0.39 is 0 Å². The second-order valence-corrected chi connectivity index (χ2v) is 4.43. The maximum Gasteiger partial charge on any atom is 0.0620 e. The van der Waals surface area contributed by atoms with E-state index in [0.717, 1.165) is 18.9 Å². The lowest BCUT2D eigenvalue weighted by Crippen LogP contribution is -2.29. The van der Waals surface area contributed by atoms with Crippen LogP contribution in [0.1, 0.15) is 18.4 Å². The van der Waals surface area contributed by atoms with Crippen molar-refractivity contribution in [3.63, 3.8) is 0 Å². The molecule has 0 bridgehead atoms. The summed E-state index contributed by atoms with van der Waals surface area (Å²) >= 11 is 0. The van der Waals surface area contributed by atoms with Crippen LogP contribution in [0, 0.1) is 5.92 Å². The topological polar surface area (TPSA) is 35.2 Å². The van der Waals surface area contributed by atoms with E-state index in [1.54, 1.807) is 0 Å². The summed E-state index contributed by atoms with van der Waals surface area (Å²) in [5.74, 6) is 0.828. The van der Waals surface area contributed by atoms with E-state index in [1.807, 2.05) is 18.2 Å². The maximum atomic E-state index is 5.99. The Morgan fingerprint density at radius 2 is 1.94 bits per heavy atom. The number of hydrogen-bond donors (Lipinski definition) is 1. The highest BCUT2D eigenvalue weighted by atomic mass is 32.1. The minimum atomic E-state index is 0. The normalized spacial score (nSPS) is 16.6. The van der Waals surface area contributed by atoms with Crippen molar-refractivity contribution in [2.75, 3.05) is 13.2 Å².